The molecule has 11 rings (SSSR count). The molecule has 11 aromatic rings. The average Bonchev–Trinajstić information content (AvgIpc) is 3.81. The maximum atomic E-state index is 6.76. The van der Waals surface area contributed by atoms with E-state index in [1.807, 2.05) is 12.1 Å². The van der Waals surface area contributed by atoms with Gasteiger partial charge in [-0.15, -0.1) is 0 Å². The van der Waals surface area contributed by atoms with Gasteiger partial charge in [-0.3, -0.25) is 0 Å². The van der Waals surface area contributed by atoms with E-state index >= 15 is 0 Å². The largest absolute Gasteiger partial charge is 0.455 e. The topological polar surface area (TPSA) is 26.3 Å². The molecule has 0 N–H and O–H groups in total. The zero-order valence-corrected chi connectivity index (χ0v) is 29.3. The Morgan fingerprint density at radius 2 is 0.741 bits per heavy atom. The van der Waals surface area contributed by atoms with E-state index in [9.17, 15) is 0 Å². The first-order chi connectivity index (χ1) is 26.8. The fourth-order valence-corrected chi connectivity index (χ4v) is 8.34. The molecule has 2 aromatic heterocycles. The summed E-state index contributed by atoms with van der Waals surface area (Å²) in [6, 6.07) is 69.2. The van der Waals surface area contributed by atoms with Gasteiger partial charge in [0, 0.05) is 32.3 Å². The maximum absolute atomic E-state index is 6.76. The van der Waals surface area contributed by atoms with Gasteiger partial charge in [0.2, 0.25) is 0 Å². The van der Waals surface area contributed by atoms with E-state index in [-0.39, 0.29) is 0 Å². The number of benzene rings is 8. The monoisotopic (exact) mass is 688 g/mol. The first kappa shape index (κ1) is 30.5. The molecule has 0 fully saturated rings. The summed E-state index contributed by atoms with van der Waals surface area (Å²) in [5.74, 6) is 0. The first-order valence-electron chi connectivity index (χ1n) is 18.4. The minimum Gasteiger partial charge on any atom is -0.455 e. The summed E-state index contributed by atoms with van der Waals surface area (Å²) in [4.78, 5) is 0. The van der Waals surface area contributed by atoms with Crippen molar-refractivity contribution in [2.24, 2.45) is 0 Å². The highest BCUT2D eigenvalue weighted by molar-refractivity contribution is 6.34. The lowest BCUT2D eigenvalue weighted by Gasteiger charge is -2.10. The third kappa shape index (κ3) is 4.81. The molecule has 0 spiro atoms. The van der Waals surface area contributed by atoms with Crippen LogP contribution in [-0.4, -0.2) is 0 Å². The van der Waals surface area contributed by atoms with E-state index < -0.39 is 0 Å². The average molecular weight is 689 g/mol. The molecule has 54 heavy (non-hydrogen) atoms. The van der Waals surface area contributed by atoms with Crippen LogP contribution in [0.3, 0.4) is 0 Å². The minimum absolute atomic E-state index is 0.865. The van der Waals surface area contributed by atoms with Crippen molar-refractivity contribution in [1.29, 1.82) is 0 Å². The zero-order valence-electron chi connectivity index (χ0n) is 29.3. The Morgan fingerprint density at radius 1 is 0.259 bits per heavy atom. The molecule has 2 heterocycles. The summed E-state index contributed by atoms with van der Waals surface area (Å²) in [6.45, 7) is 0. The Balaban J connectivity index is 1.05. The van der Waals surface area contributed by atoms with Crippen LogP contribution in [0.1, 0.15) is 0 Å². The highest BCUT2D eigenvalue weighted by atomic mass is 16.3. The Kier molecular flexibility index (Phi) is 6.90. The summed E-state index contributed by atoms with van der Waals surface area (Å²) in [5, 5.41) is 11.4. The van der Waals surface area contributed by atoms with Gasteiger partial charge in [0.1, 0.15) is 22.3 Å². The number of hydrogen-bond donors (Lipinski definition) is 0. The van der Waals surface area contributed by atoms with Crippen molar-refractivity contribution in [1.82, 2.24) is 0 Å². The highest BCUT2D eigenvalue weighted by Crippen LogP contribution is 2.45. The van der Waals surface area contributed by atoms with Gasteiger partial charge in [0.05, 0.1) is 0 Å². The lowest BCUT2D eigenvalue weighted by Crippen LogP contribution is -1.84. The van der Waals surface area contributed by atoms with Crippen molar-refractivity contribution in [3.05, 3.63) is 194 Å². The van der Waals surface area contributed by atoms with E-state index in [2.05, 4.69) is 182 Å². The molecule has 9 aromatic carbocycles. The van der Waals surface area contributed by atoms with E-state index in [0.717, 1.165) is 71.3 Å². The fraction of sp³-hybridized carbons (Fsp3) is 0. The van der Waals surface area contributed by atoms with Crippen LogP contribution in [0, 0.1) is 0 Å². The van der Waals surface area contributed by atoms with Crippen LogP contribution >= 0.6 is 0 Å². The molecule has 0 saturated carbocycles. The standard InChI is InChI=1S/C52H32O2/c1-2-4-16-40(38-28-25-33-13-5-6-14-36(33)31-38)42-18-8-7-17-41(42)39(15-3-1)35-26-23-34(24-27-35)37-29-30-46-48(32-37)54-52-44-20-10-9-19-43(44)51-49(50(46)52)45-21-11-12-22-47(45)53-51/h1-32H. The zero-order chi connectivity index (χ0) is 35.6. The number of para-hydroxylation sites is 1. The molecule has 0 aliphatic rings. The fourth-order valence-electron chi connectivity index (χ4n) is 8.34. The van der Waals surface area contributed by atoms with E-state index in [0.29, 0.717) is 0 Å². The van der Waals surface area contributed by atoms with Gasteiger partial charge in [-0.05, 0) is 79.2 Å². The summed E-state index contributed by atoms with van der Waals surface area (Å²) >= 11 is 0. The van der Waals surface area contributed by atoms with Crippen LogP contribution in [-0.2, 0) is 0 Å². The van der Waals surface area contributed by atoms with Crippen LogP contribution in [0.4, 0.5) is 0 Å². The lowest BCUT2D eigenvalue weighted by molar-refractivity contribution is 0.668. The van der Waals surface area contributed by atoms with Crippen molar-refractivity contribution in [2.75, 3.05) is 0 Å². The molecule has 0 amide bonds. The molecule has 252 valence electrons. The summed E-state index contributed by atoms with van der Waals surface area (Å²) in [6.07, 6.45) is 0. The normalized spacial score (nSPS) is 11.7. The first-order valence-corrected chi connectivity index (χ1v) is 18.4. The predicted molar refractivity (Wildman–Crippen MR) is 227 cm³/mol. The second-order valence-corrected chi connectivity index (χ2v) is 14.0. The van der Waals surface area contributed by atoms with Crippen LogP contribution in [0.15, 0.2) is 203 Å². The van der Waals surface area contributed by atoms with Gasteiger partial charge in [-0.25, -0.2) is 0 Å². The van der Waals surface area contributed by atoms with Gasteiger partial charge in [-0.2, -0.15) is 0 Å². The maximum Gasteiger partial charge on any atom is 0.144 e. The van der Waals surface area contributed by atoms with Gasteiger partial charge in [0.25, 0.3) is 0 Å². The van der Waals surface area contributed by atoms with Crippen molar-refractivity contribution < 1.29 is 8.83 Å². The molecule has 2 heteroatoms. The SMILES string of the molecule is c1cccc(-c2ccc3ccccc3c2)c2ccccc2c(-c2ccc(-c3ccc4c(c3)oc3c5ccccc5c5oc6ccccc6c5c43)cc2)cc1. The Bertz CT molecular complexity index is 3320. The van der Waals surface area contributed by atoms with Crippen molar-refractivity contribution >= 4 is 76.2 Å². The molecule has 0 bridgehead atoms. The number of furan rings is 2. The van der Waals surface area contributed by atoms with Crippen molar-refractivity contribution in [3.8, 4) is 33.4 Å². The minimum atomic E-state index is 0.865. The van der Waals surface area contributed by atoms with E-state index in [4.69, 9.17) is 8.83 Å². The molecule has 0 aliphatic carbocycles. The van der Waals surface area contributed by atoms with Gasteiger partial charge in [-0.1, -0.05) is 170 Å². The summed E-state index contributed by atoms with van der Waals surface area (Å²) in [5.41, 5.74) is 10.5. The smallest absolute Gasteiger partial charge is 0.144 e. The second-order valence-electron chi connectivity index (χ2n) is 14.0. The van der Waals surface area contributed by atoms with E-state index in [1.54, 1.807) is 0 Å². The van der Waals surface area contributed by atoms with Gasteiger partial charge < -0.3 is 8.83 Å². The number of fused-ring (bicyclic) bond motifs is 12. The van der Waals surface area contributed by atoms with Crippen LogP contribution in [0.2, 0.25) is 0 Å². The van der Waals surface area contributed by atoms with E-state index in [1.165, 1.54) is 38.2 Å². The molecule has 0 unspecified atom stereocenters. The predicted octanol–water partition coefficient (Wildman–Crippen LogP) is 15.1. The van der Waals surface area contributed by atoms with Crippen LogP contribution in [0.25, 0.3) is 110 Å². The Morgan fingerprint density at radius 3 is 1.44 bits per heavy atom. The van der Waals surface area contributed by atoms with Crippen molar-refractivity contribution in [3.63, 3.8) is 0 Å². The quantitative estimate of drug-likeness (QED) is 0.185. The third-order valence-electron chi connectivity index (χ3n) is 10.9. The summed E-state index contributed by atoms with van der Waals surface area (Å²) < 4.78 is 13.2. The van der Waals surface area contributed by atoms with Crippen molar-refractivity contribution in [2.45, 2.75) is 0 Å². The molecule has 0 radical (unpaired) electrons. The van der Waals surface area contributed by atoms with Gasteiger partial charge >= 0.3 is 0 Å². The van der Waals surface area contributed by atoms with Crippen LogP contribution < -0.4 is 0 Å². The number of rotatable bonds is 3. The second kappa shape index (κ2) is 12.2. The van der Waals surface area contributed by atoms with Crippen LogP contribution in [0.5, 0.6) is 0 Å². The van der Waals surface area contributed by atoms with Gasteiger partial charge in [0.15, 0.2) is 0 Å². The highest BCUT2D eigenvalue weighted by Gasteiger charge is 2.21. The number of hydrogen-bond acceptors (Lipinski definition) is 2. The molecule has 0 aliphatic heterocycles. The molecule has 2 nitrogen and oxygen atoms in total. The third-order valence-corrected chi connectivity index (χ3v) is 10.9. The summed E-state index contributed by atoms with van der Waals surface area (Å²) in [7, 11) is 0. The molecular weight excluding hydrogens is 657 g/mol. The molecule has 0 atom stereocenters. The molecular formula is C52H32O2. The molecule has 0 saturated heterocycles. The lowest BCUT2D eigenvalue weighted by atomic mass is 9.93. The Labute approximate surface area is 311 Å². The Hall–Kier alpha value is -7.16.